The molecule has 0 fully saturated rings. The summed E-state index contributed by atoms with van der Waals surface area (Å²) in [5.74, 6) is -0.133. The van der Waals surface area contributed by atoms with Crippen LogP contribution < -0.4 is 10.4 Å². The predicted octanol–water partition coefficient (Wildman–Crippen LogP) is 2.55. The van der Waals surface area contributed by atoms with E-state index in [4.69, 9.17) is 4.43 Å². The standard InChI is InChI=1S/C21H30O3Si/c1-17(20(23)15-22)16-24-25(21(2,3)4,18-11-7-5-8-12-18)19-13-9-6-10-14-19/h5-14,17,20,22-23H,15-16H2,1-4H3/t17-,20-/m1/s1. The number of aliphatic hydroxyl groups excluding tert-OH is 2. The van der Waals surface area contributed by atoms with Crippen molar-refractivity contribution < 1.29 is 14.6 Å². The highest BCUT2D eigenvalue weighted by Crippen LogP contribution is 2.37. The maximum absolute atomic E-state index is 9.95. The topological polar surface area (TPSA) is 49.7 Å². The minimum atomic E-state index is -2.56. The van der Waals surface area contributed by atoms with Gasteiger partial charge in [0.05, 0.1) is 12.7 Å². The predicted molar refractivity (Wildman–Crippen MR) is 106 cm³/mol. The van der Waals surface area contributed by atoms with Crippen molar-refractivity contribution >= 4 is 18.7 Å². The van der Waals surface area contributed by atoms with Crippen LogP contribution in [0, 0.1) is 5.92 Å². The Balaban J connectivity index is 2.53. The average Bonchev–Trinajstić information content (AvgIpc) is 2.62. The Morgan fingerprint density at radius 2 is 1.36 bits per heavy atom. The Hall–Kier alpha value is -1.46. The number of benzene rings is 2. The van der Waals surface area contributed by atoms with E-state index in [1.165, 1.54) is 10.4 Å². The highest BCUT2D eigenvalue weighted by atomic mass is 28.4. The molecule has 2 rings (SSSR count). The Bertz CT molecular complexity index is 598. The molecule has 0 aliphatic heterocycles. The van der Waals surface area contributed by atoms with Crippen molar-refractivity contribution in [1.82, 2.24) is 0 Å². The summed E-state index contributed by atoms with van der Waals surface area (Å²) < 4.78 is 6.72. The van der Waals surface area contributed by atoms with E-state index in [0.29, 0.717) is 6.61 Å². The van der Waals surface area contributed by atoms with Crippen molar-refractivity contribution in [3.8, 4) is 0 Å². The fourth-order valence-electron chi connectivity index (χ4n) is 3.31. The monoisotopic (exact) mass is 358 g/mol. The molecule has 2 aromatic carbocycles. The van der Waals surface area contributed by atoms with Crippen LogP contribution in [0.5, 0.6) is 0 Å². The van der Waals surface area contributed by atoms with Crippen LogP contribution in [0.4, 0.5) is 0 Å². The van der Waals surface area contributed by atoms with Gasteiger partial charge >= 0.3 is 0 Å². The maximum Gasteiger partial charge on any atom is 0.261 e. The van der Waals surface area contributed by atoms with Crippen LogP contribution in [0.3, 0.4) is 0 Å². The zero-order chi connectivity index (χ0) is 18.5. The van der Waals surface area contributed by atoms with Gasteiger partial charge in [-0.15, -0.1) is 0 Å². The lowest BCUT2D eigenvalue weighted by Gasteiger charge is -2.43. The summed E-state index contributed by atoms with van der Waals surface area (Å²) in [6, 6.07) is 20.9. The molecule has 0 spiro atoms. The minimum absolute atomic E-state index is 0.0837. The van der Waals surface area contributed by atoms with E-state index < -0.39 is 14.4 Å². The number of hydrogen-bond donors (Lipinski definition) is 2. The van der Waals surface area contributed by atoms with Crippen LogP contribution in [-0.2, 0) is 4.43 Å². The van der Waals surface area contributed by atoms with Crippen molar-refractivity contribution in [2.75, 3.05) is 13.2 Å². The summed E-state index contributed by atoms with van der Waals surface area (Å²) in [7, 11) is -2.56. The highest BCUT2D eigenvalue weighted by molar-refractivity contribution is 6.99. The summed E-state index contributed by atoms with van der Waals surface area (Å²) in [5.41, 5.74) is 0. The van der Waals surface area contributed by atoms with E-state index in [0.717, 1.165) is 0 Å². The highest BCUT2D eigenvalue weighted by Gasteiger charge is 2.50. The van der Waals surface area contributed by atoms with Crippen molar-refractivity contribution in [3.63, 3.8) is 0 Å². The molecule has 2 N–H and O–H groups in total. The van der Waals surface area contributed by atoms with Gasteiger partial charge in [-0.2, -0.15) is 0 Å². The molecule has 0 radical (unpaired) electrons. The number of rotatable bonds is 7. The fraction of sp³-hybridized carbons (Fsp3) is 0.429. The minimum Gasteiger partial charge on any atom is -0.407 e. The van der Waals surface area contributed by atoms with Gasteiger partial charge in [0.2, 0.25) is 0 Å². The number of hydrogen-bond acceptors (Lipinski definition) is 3. The second-order valence-electron chi connectivity index (χ2n) is 7.70. The Morgan fingerprint density at radius 1 is 0.920 bits per heavy atom. The third-order valence-electron chi connectivity index (χ3n) is 4.82. The zero-order valence-electron chi connectivity index (χ0n) is 15.6. The molecule has 0 saturated heterocycles. The quantitative estimate of drug-likeness (QED) is 0.748. The van der Waals surface area contributed by atoms with Crippen LogP contribution in [0.15, 0.2) is 60.7 Å². The largest absolute Gasteiger partial charge is 0.407 e. The normalized spacial score (nSPS) is 15.0. The molecular weight excluding hydrogens is 328 g/mol. The summed E-state index contributed by atoms with van der Waals surface area (Å²) in [6.07, 6.45) is -0.766. The van der Waals surface area contributed by atoms with Crippen molar-refractivity contribution in [1.29, 1.82) is 0 Å². The molecule has 0 aliphatic carbocycles. The van der Waals surface area contributed by atoms with Gasteiger partial charge < -0.3 is 14.6 Å². The molecule has 0 bridgehead atoms. The lowest BCUT2D eigenvalue weighted by atomic mass is 10.1. The molecule has 0 unspecified atom stereocenters. The third kappa shape index (κ3) is 4.21. The van der Waals surface area contributed by atoms with E-state index in [1.54, 1.807) is 0 Å². The Labute approximate surface area is 152 Å². The van der Waals surface area contributed by atoms with Crippen LogP contribution in [0.1, 0.15) is 27.7 Å². The van der Waals surface area contributed by atoms with Gasteiger partial charge in [-0.05, 0) is 15.4 Å². The van der Waals surface area contributed by atoms with Gasteiger partial charge in [0.1, 0.15) is 0 Å². The second kappa shape index (κ2) is 8.28. The molecule has 2 aromatic rings. The summed E-state index contributed by atoms with van der Waals surface area (Å²) in [6.45, 7) is 8.77. The van der Waals surface area contributed by atoms with Gasteiger partial charge in [0, 0.05) is 12.5 Å². The van der Waals surface area contributed by atoms with Crippen LogP contribution in [0.2, 0.25) is 5.04 Å². The van der Waals surface area contributed by atoms with Crippen molar-refractivity contribution in [3.05, 3.63) is 60.7 Å². The third-order valence-corrected chi connectivity index (χ3v) is 9.83. The first kappa shape index (κ1) is 19.9. The first-order valence-electron chi connectivity index (χ1n) is 8.87. The van der Waals surface area contributed by atoms with Crippen LogP contribution in [0.25, 0.3) is 0 Å². The number of aliphatic hydroxyl groups is 2. The van der Waals surface area contributed by atoms with E-state index in [1.807, 2.05) is 19.1 Å². The SMILES string of the molecule is C[C@H](CO[Si](c1ccccc1)(c1ccccc1)C(C)(C)C)[C@H](O)CO. The summed E-state index contributed by atoms with van der Waals surface area (Å²) in [4.78, 5) is 0. The smallest absolute Gasteiger partial charge is 0.261 e. The maximum atomic E-state index is 9.95. The molecule has 3 nitrogen and oxygen atoms in total. The Kier molecular flexibility index (Phi) is 6.57. The lowest BCUT2D eigenvalue weighted by Crippen LogP contribution is -2.67. The second-order valence-corrected chi connectivity index (χ2v) is 12.0. The van der Waals surface area contributed by atoms with E-state index in [9.17, 15) is 10.2 Å². The molecule has 0 heterocycles. The molecule has 0 amide bonds. The van der Waals surface area contributed by atoms with Gasteiger partial charge in [-0.1, -0.05) is 88.4 Å². The Morgan fingerprint density at radius 3 is 1.72 bits per heavy atom. The first-order chi connectivity index (χ1) is 11.8. The van der Waals surface area contributed by atoms with Gasteiger partial charge in [0.25, 0.3) is 8.32 Å². The zero-order valence-corrected chi connectivity index (χ0v) is 16.6. The van der Waals surface area contributed by atoms with E-state index >= 15 is 0 Å². The average molecular weight is 359 g/mol. The van der Waals surface area contributed by atoms with Gasteiger partial charge in [0.15, 0.2) is 0 Å². The van der Waals surface area contributed by atoms with Crippen LogP contribution >= 0.6 is 0 Å². The molecule has 0 aromatic heterocycles. The van der Waals surface area contributed by atoms with Gasteiger partial charge in [-0.3, -0.25) is 0 Å². The fourth-order valence-corrected chi connectivity index (χ4v) is 7.98. The molecule has 0 saturated carbocycles. The molecule has 2 atom stereocenters. The molecule has 4 heteroatoms. The molecule has 25 heavy (non-hydrogen) atoms. The molecule has 0 aliphatic rings. The molecule has 136 valence electrons. The van der Waals surface area contributed by atoms with Crippen molar-refractivity contribution in [2.24, 2.45) is 5.92 Å². The van der Waals surface area contributed by atoms with Gasteiger partial charge in [-0.25, -0.2) is 0 Å². The van der Waals surface area contributed by atoms with Crippen LogP contribution in [-0.4, -0.2) is 37.8 Å². The summed E-state index contributed by atoms with van der Waals surface area (Å²) >= 11 is 0. The van der Waals surface area contributed by atoms with E-state index in [2.05, 4.69) is 69.3 Å². The first-order valence-corrected chi connectivity index (χ1v) is 10.8. The van der Waals surface area contributed by atoms with E-state index in [-0.39, 0.29) is 17.6 Å². The summed E-state index contributed by atoms with van der Waals surface area (Å²) in [5, 5.41) is 21.5. The molecular formula is C21H30O3Si. The lowest BCUT2D eigenvalue weighted by molar-refractivity contribution is 0.0331. The van der Waals surface area contributed by atoms with Crippen molar-refractivity contribution in [2.45, 2.75) is 38.8 Å².